The predicted molar refractivity (Wildman–Crippen MR) is 93.5 cm³/mol. The standard InChI is InChI=1S/C16H14ClN3OS/c1-20-13-4-2-3-5-14(13)22-10-15(20)19-16(21)18-12-8-6-11(17)7-9-12/h2-9H,10H2,1H3,(H,18,21)/b19-15-. The third kappa shape index (κ3) is 3.26. The Kier molecular flexibility index (Phi) is 4.36. The van der Waals surface area contributed by atoms with Crippen molar-refractivity contribution in [1.29, 1.82) is 0 Å². The fourth-order valence-electron chi connectivity index (χ4n) is 2.14. The molecule has 0 atom stereocenters. The fraction of sp³-hybridized carbons (Fsp3) is 0.125. The number of amides is 2. The van der Waals surface area contributed by atoms with E-state index in [1.165, 1.54) is 4.90 Å². The van der Waals surface area contributed by atoms with Crippen molar-refractivity contribution in [1.82, 2.24) is 0 Å². The normalized spacial score (nSPS) is 15.5. The van der Waals surface area contributed by atoms with E-state index in [2.05, 4.69) is 16.4 Å². The third-order valence-corrected chi connectivity index (χ3v) is 4.61. The molecule has 0 bridgehead atoms. The lowest BCUT2D eigenvalue weighted by Gasteiger charge is -2.28. The summed E-state index contributed by atoms with van der Waals surface area (Å²) < 4.78 is 0. The molecule has 2 aromatic carbocycles. The van der Waals surface area contributed by atoms with Crippen molar-refractivity contribution in [3.05, 3.63) is 53.6 Å². The molecule has 4 nitrogen and oxygen atoms in total. The number of aliphatic imine (C=N–C) groups is 1. The van der Waals surface area contributed by atoms with E-state index < -0.39 is 0 Å². The SMILES string of the molecule is CN1/C(=N\C(=O)Nc2ccc(Cl)cc2)CSc2ccccc21. The van der Waals surface area contributed by atoms with E-state index in [1.807, 2.05) is 30.1 Å². The summed E-state index contributed by atoms with van der Waals surface area (Å²) in [5.41, 5.74) is 1.74. The van der Waals surface area contributed by atoms with Crippen LogP contribution in [0.15, 0.2) is 58.4 Å². The Balaban J connectivity index is 1.75. The minimum absolute atomic E-state index is 0.385. The molecule has 1 aliphatic rings. The first-order valence-corrected chi connectivity index (χ1v) is 8.09. The van der Waals surface area contributed by atoms with Gasteiger partial charge in [-0.15, -0.1) is 11.8 Å². The average Bonchev–Trinajstić information content (AvgIpc) is 2.53. The Morgan fingerprint density at radius 2 is 1.95 bits per heavy atom. The highest BCUT2D eigenvalue weighted by Crippen LogP contribution is 2.34. The van der Waals surface area contributed by atoms with Crippen molar-refractivity contribution in [2.24, 2.45) is 4.99 Å². The summed E-state index contributed by atoms with van der Waals surface area (Å²) in [6.45, 7) is 0. The minimum atomic E-state index is -0.385. The van der Waals surface area contributed by atoms with E-state index in [4.69, 9.17) is 11.6 Å². The van der Waals surface area contributed by atoms with E-state index in [0.717, 1.165) is 11.5 Å². The van der Waals surface area contributed by atoms with Crippen molar-refractivity contribution < 1.29 is 4.79 Å². The summed E-state index contributed by atoms with van der Waals surface area (Å²) in [4.78, 5) is 19.4. The summed E-state index contributed by atoms with van der Waals surface area (Å²) in [6.07, 6.45) is 0. The lowest BCUT2D eigenvalue weighted by atomic mass is 10.3. The molecule has 0 fully saturated rings. The molecule has 0 spiro atoms. The molecule has 22 heavy (non-hydrogen) atoms. The number of benzene rings is 2. The van der Waals surface area contributed by atoms with Crippen LogP contribution in [0.5, 0.6) is 0 Å². The van der Waals surface area contributed by atoms with Crippen molar-refractivity contribution in [2.75, 3.05) is 23.0 Å². The van der Waals surface area contributed by atoms with Gasteiger partial charge < -0.3 is 10.2 Å². The second kappa shape index (κ2) is 6.42. The number of fused-ring (bicyclic) bond motifs is 1. The molecule has 0 saturated heterocycles. The average molecular weight is 332 g/mol. The van der Waals surface area contributed by atoms with Crippen molar-refractivity contribution in [3.63, 3.8) is 0 Å². The topological polar surface area (TPSA) is 44.7 Å². The summed E-state index contributed by atoms with van der Waals surface area (Å²) >= 11 is 7.50. The van der Waals surface area contributed by atoms with Gasteiger partial charge in [0.15, 0.2) is 0 Å². The van der Waals surface area contributed by atoms with Crippen molar-refractivity contribution in [3.8, 4) is 0 Å². The highest BCUT2D eigenvalue weighted by Gasteiger charge is 2.20. The number of para-hydroxylation sites is 1. The maximum atomic E-state index is 12.1. The number of thioether (sulfide) groups is 1. The van der Waals surface area contributed by atoms with Crippen LogP contribution in [0.4, 0.5) is 16.2 Å². The lowest BCUT2D eigenvalue weighted by molar-refractivity contribution is 0.259. The summed E-state index contributed by atoms with van der Waals surface area (Å²) in [7, 11) is 1.92. The van der Waals surface area contributed by atoms with Gasteiger partial charge in [0.25, 0.3) is 0 Å². The van der Waals surface area contributed by atoms with Gasteiger partial charge in [0.2, 0.25) is 0 Å². The number of anilines is 2. The van der Waals surface area contributed by atoms with E-state index >= 15 is 0 Å². The van der Waals surface area contributed by atoms with Crippen LogP contribution in [0.2, 0.25) is 5.02 Å². The predicted octanol–water partition coefficient (Wildman–Crippen LogP) is 4.51. The van der Waals surface area contributed by atoms with E-state index in [9.17, 15) is 4.79 Å². The Hall–Kier alpha value is -1.98. The van der Waals surface area contributed by atoms with Crippen molar-refractivity contribution in [2.45, 2.75) is 4.90 Å². The van der Waals surface area contributed by atoms with Gasteiger partial charge in [-0.3, -0.25) is 0 Å². The molecule has 1 N–H and O–H groups in total. The number of hydrogen-bond donors (Lipinski definition) is 1. The van der Waals surface area contributed by atoms with Gasteiger partial charge in [0.05, 0.1) is 11.4 Å². The van der Waals surface area contributed by atoms with E-state index in [0.29, 0.717) is 16.5 Å². The van der Waals surface area contributed by atoms with E-state index in [1.54, 1.807) is 36.0 Å². The largest absolute Gasteiger partial charge is 0.347 e. The van der Waals surface area contributed by atoms with Crippen LogP contribution in [-0.2, 0) is 0 Å². The number of nitrogens with one attached hydrogen (secondary N) is 1. The first-order valence-electron chi connectivity index (χ1n) is 6.73. The molecule has 0 unspecified atom stereocenters. The van der Waals surface area contributed by atoms with Gasteiger partial charge >= 0.3 is 6.03 Å². The van der Waals surface area contributed by atoms with Crippen LogP contribution in [0.3, 0.4) is 0 Å². The number of amidine groups is 1. The molecule has 1 heterocycles. The maximum absolute atomic E-state index is 12.1. The number of rotatable bonds is 1. The van der Waals surface area contributed by atoms with Crippen LogP contribution in [0.25, 0.3) is 0 Å². The lowest BCUT2D eigenvalue weighted by Crippen LogP contribution is -2.33. The molecule has 3 rings (SSSR count). The molecule has 112 valence electrons. The van der Waals surface area contributed by atoms with Gasteiger partial charge in [-0.2, -0.15) is 4.99 Å². The van der Waals surface area contributed by atoms with Gasteiger partial charge in [-0.05, 0) is 36.4 Å². The molecule has 0 aliphatic carbocycles. The molecular formula is C16H14ClN3OS. The Morgan fingerprint density at radius 1 is 1.23 bits per heavy atom. The number of nitrogens with zero attached hydrogens (tertiary/aromatic N) is 2. The van der Waals surface area contributed by atoms with Crippen LogP contribution < -0.4 is 10.2 Å². The minimum Gasteiger partial charge on any atom is -0.331 e. The van der Waals surface area contributed by atoms with Crippen molar-refractivity contribution >= 4 is 46.6 Å². The second-order valence-electron chi connectivity index (χ2n) is 4.78. The number of hydrogen-bond acceptors (Lipinski definition) is 2. The second-order valence-corrected chi connectivity index (χ2v) is 6.23. The maximum Gasteiger partial charge on any atom is 0.347 e. The first kappa shape index (κ1) is 14.9. The number of halogens is 1. The van der Waals surface area contributed by atoms with Crippen LogP contribution >= 0.6 is 23.4 Å². The summed E-state index contributed by atoms with van der Waals surface area (Å²) in [5, 5.41) is 3.37. The van der Waals surface area contributed by atoms with Crippen LogP contribution in [0, 0.1) is 0 Å². The molecule has 2 amide bonds. The van der Waals surface area contributed by atoms with E-state index in [-0.39, 0.29) is 6.03 Å². The smallest absolute Gasteiger partial charge is 0.331 e. The highest BCUT2D eigenvalue weighted by atomic mass is 35.5. The van der Waals surface area contributed by atoms with Gasteiger partial charge in [0, 0.05) is 22.7 Å². The fourth-order valence-corrected chi connectivity index (χ4v) is 3.34. The third-order valence-electron chi connectivity index (χ3n) is 3.30. The number of carbonyl (C=O) groups excluding carboxylic acids is 1. The summed E-state index contributed by atoms with van der Waals surface area (Å²) in [5.74, 6) is 1.40. The number of carbonyl (C=O) groups is 1. The Bertz CT molecular complexity index is 730. The molecular weight excluding hydrogens is 318 g/mol. The summed E-state index contributed by atoms with van der Waals surface area (Å²) in [6, 6.07) is 14.6. The first-order chi connectivity index (χ1) is 10.6. The van der Waals surface area contributed by atoms with Crippen LogP contribution in [-0.4, -0.2) is 24.7 Å². The molecule has 0 saturated carbocycles. The quantitative estimate of drug-likeness (QED) is 0.836. The van der Waals surface area contributed by atoms with Crippen LogP contribution in [0.1, 0.15) is 0 Å². The molecule has 0 aromatic heterocycles. The number of urea groups is 1. The molecule has 2 aromatic rings. The zero-order valence-corrected chi connectivity index (χ0v) is 13.5. The van der Waals surface area contributed by atoms with Gasteiger partial charge in [-0.1, -0.05) is 23.7 Å². The molecule has 6 heteroatoms. The van der Waals surface area contributed by atoms with Gasteiger partial charge in [0.1, 0.15) is 5.84 Å². The molecule has 1 aliphatic heterocycles. The Labute approximate surface area is 138 Å². The zero-order valence-electron chi connectivity index (χ0n) is 11.9. The van der Waals surface area contributed by atoms with Gasteiger partial charge in [-0.25, -0.2) is 4.79 Å². The molecule has 0 radical (unpaired) electrons. The highest BCUT2D eigenvalue weighted by molar-refractivity contribution is 8.00. The zero-order chi connectivity index (χ0) is 15.5. The Morgan fingerprint density at radius 3 is 2.73 bits per heavy atom. The monoisotopic (exact) mass is 331 g/mol.